The maximum Gasteiger partial charge on any atom is 0.547 e. The summed E-state index contributed by atoms with van der Waals surface area (Å²) >= 11 is 0. The van der Waals surface area contributed by atoms with Gasteiger partial charge in [-0.1, -0.05) is 24.3 Å². The van der Waals surface area contributed by atoms with E-state index in [1.54, 1.807) is 45.0 Å². The van der Waals surface area contributed by atoms with E-state index in [1.165, 1.54) is 18.2 Å². The molecule has 1 aliphatic heterocycles. The third-order valence-corrected chi connectivity index (χ3v) is 4.95. The molecular formula is C23H26BNO8. The van der Waals surface area contributed by atoms with Crippen molar-refractivity contribution in [3.05, 3.63) is 59.2 Å². The maximum absolute atomic E-state index is 12.5. The smallest absolute Gasteiger partial charge is 0.534 e. The number of phenolic OH excluding ortho intramolecular Hbond substituents is 1. The number of rotatable bonds is 6. The summed E-state index contributed by atoms with van der Waals surface area (Å²) in [6, 6.07) is 11.2. The quantitative estimate of drug-likeness (QED) is 0.341. The first-order valence-electron chi connectivity index (χ1n) is 10.4. The third kappa shape index (κ3) is 6.26. The molecule has 0 bridgehead atoms. The van der Waals surface area contributed by atoms with Gasteiger partial charge in [0.05, 0.1) is 17.8 Å². The second kappa shape index (κ2) is 9.95. The Hall–Kier alpha value is -3.53. The van der Waals surface area contributed by atoms with Crippen molar-refractivity contribution in [3.63, 3.8) is 0 Å². The summed E-state index contributed by atoms with van der Waals surface area (Å²) in [5.41, 5.74) is 0.564. The number of aromatic hydroxyl groups is 1. The number of fused-ring (bicyclic) bond motifs is 1. The van der Waals surface area contributed by atoms with Crippen molar-refractivity contribution in [1.82, 2.24) is 5.32 Å². The highest BCUT2D eigenvalue weighted by molar-refractivity contribution is 6.47. The topological polar surface area (TPSA) is 131 Å². The van der Waals surface area contributed by atoms with Crippen LogP contribution in [0.4, 0.5) is 0 Å². The third-order valence-electron chi connectivity index (χ3n) is 4.95. The molecule has 2 aromatic carbocycles. The predicted octanol–water partition coefficient (Wildman–Crippen LogP) is 1.78. The minimum Gasteiger partial charge on any atom is -0.534 e. The van der Waals surface area contributed by atoms with Crippen LogP contribution < -0.4 is 9.97 Å². The van der Waals surface area contributed by atoms with E-state index in [-0.39, 0.29) is 35.8 Å². The second-order valence-corrected chi connectivity index (χ2v) is 8.76. The molecule has 0 fully saturated rings. The van der Waals surface area contributed by atoms with E-state index in [0.717, 1.165) is 0 Å². The summed E-state index contributed by atoms with van der Waals surface area (Å²) in [6.45, 7) is 4.49. The fourth-order valence-electron chi connectivity index (χ4n) is 3.25. The zero-order valence-electron chi connectivity index (χ0n) is 18.7. The van der Waals surface area contributed by atoms with Crippen LogP contribution >= 0.6 is 0 Å². The number of carbonyl (C=O) groups is 3. The fraction of sp³-hybridized carbons (Fsp3) is 0.348. The Labute approximate surface area is 191 Å². The lowest BCUT2D eigenvalue weighted by Gasteiger charge is -2.29. The summed E-state index contributed by atoms with van der Waals surface area (Å²) in [5, 5.41) is 22.7. The Kier molecular flexibility index (Phi) is 7.28. The number of ether oxygens (including phenoxy) is 2. The Morgan fingerprint density at radius 2 is 1.88 bits per heavy atom. The lowest BCUT2D eigenvalue weighted by atomic mass is 9.72. The first-order valence-corrected chi connectivity index (χ1v) is 10.4. The molecule has 10 heteroatoms. The average Bonchev–Trinajstić information content (AvgIpc) is 2.73. The van der Waals surface area contributed by atoms with Crippen LogP contribution in [0.1, 0.15) is 42.3 Å². The summed E-state index contributed by atoms with van der Waals surface area (Å²) in [4.78, 5) is 36.7. The van der Waals surface area contributed by atoms with Crippen LogP contribution in [0.2, 0.25) is 0 Å². The number of esters is 2. The largest absolute Gasteiger partial charge is 0.547 e. The van der Waals surface area contributed by atoms with Crippen LogP contribution in [0.3, 0.4) is 0 Å². The predicted molar refractivity (Wildman–Crippen MR) is 118 cm³/mol. The van der Waals surface area contributed by atoms with Gasteiger partial charge in [0.1, 0.15) is 17.1 Å². The molecule has 1 aliphatic rings. The summed E-state index contributed by atoms with van der Waals surface area (Å²) in [5.74, 6) is -2.17. The number of phenols is 1. The molecule has 33 heavy (non-hydrogen) atoms. The molecule has 0 saturated carbocycles. The Morgan fingerprint density at radius 1 is 1.15 bits per heavy atom. The van der Waals surface area contributed by atoms with Crippen molar-refractivity contribution < 1.29 is 38.6 Å². The second-order valence-electron chi connectivity index (χ2n) is 8.76. The molecule has 3 rings (SSSR count). The van der Waals surface area contributed by atoms with Gasteiger partial charge in [0, 0.05) is 0 Å². The van der Waals surface area contributed by atoms with Crippen molar-refractivity contribution in [2.24, 2.45) is 5.41 Å². The lowest BCUT2D eigenvalue weighted by molar-refractivity contribution is -0.161. The van der Waals surface area contributed by atoms with E-state index in [9.17, 15) is 24.5 Å². The van der Waals surface area contributed by atoms with Gasteiger partial charge < -0.3 is 29.6 Å². The molecule has 0 aliphatic carbocycles. The van der Waals surface area contributed by atoms with E-state index in [2.05, 4.69) is 5.32 Å². The molecule has 0 radical (unpaired) electrons. The summed E-state index contributed by atoms with van der Waals surface area (Å²) in [7, 11) is -1.39. The number of para-hydroxylation sites is 1. The Morgan fingerprint density at radius 3 is 2.58 bits per heavy atom. The van der Waals surface area contributed by atoms with E-state index in [0.29, 0.717) is 11.1 Å². The highest BCUT2D eigenvalue weighted by Crippen LogP contribution is 2.30. The monoisotopic (exact) mass is 455 g/mol. The van der Waals surface area contributed by atoms with Gasteiger partial charge in [0.2, 0.25) is 12.7 Å². The Balaban J connectivity index is 1.62. The van der Waals surface area contributed by atoms with Gasteiger partial charge in [-0.2, -0.15) is 0 Å². The van der Waals surface area contributed by atoms with Gasteiger partial charge in [-0.05, 0) is 56.5 Å². The molecule has 0 saturated heterocycles. The van der Waals surface area contributed by atoms with E-state index < -0.39 is 37.2 Å². The molecule has 9 nitrogen and oxygen atoms in total. The van der Waals surface area contributed by atoms with Gasteiger partial charge in [-0.25, -0.2) is 4.79 Å². The van der Waals surface area contributed by atoms with Crippen molar-refractivity contribution in [3.8, 4) is 11.5 Å². The van der Waals surface area contributed by atoms with Crippen LogP contribution in [0.25, 0.3) is 0 Å². The minimum absolute atomic E-state index is 0.0180. The van der Waals surface area contributed by atoms with E-state index >= 15 is 0 Å². The number of hydrogen-bond acceptors (Lipinski definition) is 8. The summed E-state index contributed by atoms with van der Waals surface area (Å²) in [6.07, 6.45) is 0.243. The van der Waals surface area contributed by atoms with Crippen molar-refractivity contribution >= 4 is 25.0 Å². The van der Waals surface area contributed by atoms with Crippen LogP contribution in [-0.4, -0.2) is 47.8 Å². The molecular weight excluding hydrogens is 429 g/mol. The number of carbonyl (C=O) groups excluding carboxylic acids is 3. The Bertz CT molecular complexity index is 1050. The zero-order valence-corrected chi connectivity index (χ0v) is 18.7. The molecule has 174 valence electrons. The van der Waals surface area contributed by atoms with Gasteiger partial charge in [0.15, 0.2) is 0 Å². The first-order chi connectivity index (χ1) is 15.5. The number of nitrogens with one attached hydrogen (secondary N) is 1. The van der Waals surface area contributed by atoms with Crippen molar-refractivity contribution in [2.75, 3.05) is 6.79 Å². The van der Waals surface area contributed by atoms with Crippen LogP contribution in [-0.2, 0) is 31.9 Å². The van der Waals surface area contributed by atoms with Gasteiger partial charge in [-0.3, -0.25) is 9.59 Å². The zero-order chi connectivity index (χ0) is 24.2. The molecule has 0 aromatic heterocycles. The highest BCUT2D eigenvalue weighted by atomic mass is 16.7. The van der Waals surface area contributed by atoms with Crippen LogP contribution in [0, 0.1) is 5.41 Å². The van der Waals surface area contributed by atoms with Crippen LogP contribution in [0.5, 0.6) is 11.5 Å². The molecule has 1 heterocycles. The van der Waals surface area contributed by atoms with E-state index in [1.807, 2.05) is 0 Å². The molecule has 1 atom stereocenters. The first kappa shape index (κ1) is 24.1. The molecule has 3 N–H and O–H groups in total. The fourth-order valence-corrected chi connectivity index (χ4v) is 3.25. The number of hydrogen-bond donors (Lipinski definition) is 3. The van der Waals surface area contributed by atoms with Gasteiger partial charge >= 0.3 is 19.1 Å². The van der Waals surface area contributed by atoms with Crippen molar-refractivity contribution in [1.29, 1.82) is 0 Å². The lowest BCUT2D eigenvalue weighted by Crippen LogP contribution is -2.53. The van der Waals surface area contributed by atoms with Crippen molar-refractivity contribution in [2.45, 2.75) is 39.6 Å². The van der Waals surface area contributed by atoms with Gasteiger partial charge in [-0.15, -0.1) is 0 Å². The van der Waals surface area contributed by atoms with Crippen LogP contribution in [0.15, 0.2) is 42.5 Å². The van der Waals surface area contributed by atoms with Gasteiger partial charge in [0.25, 0.3) is 0 Å². The molecule has 1 amide bonds. The molecule has 0 spiro atoms. The number of benzene rings is 2. The highest BCUT2D eigenvalue weighted by Gasteiger charge is 2.38. The SMILES string of the molecule is CC(C)(C)C(=O)OCOC(=O)c1cccc2c1OB(O)[C@@H](NC(=O)Cc1cccc(O)c1)C2. The minimum atomic E-state index is -1.39. The standard InChI is InChI=1S/C23H26BNO8/c1-23(2,3)22(29)32-13-31-21(28)17-9-5-7-15-12-18(24(30)33-20(15)17)25-19(27)11-14-6-4-8-16(26)10-14/h4-10,18,26,30H,11-13H2,1-3H3,(H,25,27)/t18-/m0/s1. The maximum atomic E-state index is 12.5. The molecule has 2 aromatic rings. The summed E-state index contributed by atoms with van der Waals surface area (Å²) < 4.78 is 15.5. The normalized spacial score (nSPS) is 15.2. The number of amides is 1. The molecule has 0 unspecified atom stereocenters. The van der Waals surface area contributed by atoms with E-state index in [4.69, 9.17) is 14.1 Å². The average molecular weight is 455 g/mol.